The highest BCUT2D eigenvalue weighted by molar-refractivity contribution is 9.10. The standard InChI is InChI=1S/C10H13BrN2O2S/c1-15-8-5-12-4-7(8)13-10(14)9-6(11)2-3-16-9/h2-3,7-8,12H,4-5H2,1H3,(H,13,14)/t7-,8+/m1/s1. The minimum Gasteiger partial charge on any atom is -0.378 e. The van der Waals surface area contributed by atoms with Crippen molar-refractivity contribution in [2.75, 3.05) is 20.2 Å². The van der Waals surface area contributed by atoms with Crippen LogP contribution in [-0.4, -0.2) is 38.3 Å². The van der Waals surface area contributed by atoms with Crippen LogP contribution in [0, 0.1) is 0 Å². The van der Waals surface area contributed by atoms with Crippen LogP contribution < -0.4 is 10.6 Å². The number of rotatable bonds is 3. The van der Waals surface area contributed by atoms with Crippen LogP contribution in [-0.2, 0) is 4.74 Å². The predicted octanol–water partition coefficient (Wildman–Crippen LogP) is 1.23. The van der Waals surface area contributed by atoms with Crippen LogP contribution in [0.1, 0.15) is 9.67 Å². The third-order valence-corrected chi connectivity index (χ3v) is 4.44. The summed E-state index contributed by atoms with van der Waals surface area (Å²) in [6.45, 7) is 1.54. The molecule has 1 amide bonds. The number of halogens is 1. The van der Waals surface area contributed by atoms with Crippen LogP contribution in [0.3, 0.4) is 0 Å². The van der Waals surface area contributed by atoms with Gasteiger partial charge in [0.1, 0.15) is 4.88 Å². The van der Waals surface area contributed by atoms with Gasteiger partial charge >= 0.3 is 0 Å². The number of carbonyl (C=O) groups excluding carboxylic acids is 1. The molecule has 1 aliphatic heterocycles. The smallest absolute Gasteiger partial charge is 0.262 e. The molecule has 0 aromatic carbocycles. The van der Waals surface area contributed by atoms with Gasteiger partial charge in [0.25, 0.3) is 5.91 Å². The van der Waals surface area contributed by atoms with E-state index in [0.29, 0.717) is 4.88 Å². The molecule has 1 saturated heterocycles. The Labute approximate surface area is 106 Å². The summed E-state index contributed by atoms with van der Waals surface area (Å²) >= 11 is 4.78. The molecule has 88 valence electrons. The largest absolute Gasteiger partial charge is 0.378 e. The summed E-state index contributed by atoms with van der Waals surface area (Å²) in [4.78, 5) is 12.6. The molecule has 6 heteroatoms. The summed E-state index contributed by atoms with van der Waals surface area (Å²) < 4.78 is 6.13. The van der Waals surface area contributed by atoms with E-state index in [1.54, 1.807) is 7.11 Å². The maximum Gasteiger partial charge on any atom is 0.262 e. The molecule has 0 spiro atoms. The third kappa shape index (κ3) is 2.45. The minimum absolute atomic E-state index is 0.0439. The van der Waals surface area contributed by atoms with Gasteiger partial charge in [-0.25, -0.2) is 0 Å². The fourth-order valence-corrected chi connectivity index (χ4v) is 3.19. The van der Waals surface area contributed by atoms with Crippen molar-refractivity contribution in [3.8, 4) is 0 Å². The summed E-state index contributed by atoms with van der Waals surface area (Å²) in [5.41, 5.74) is 0. The summed E-state index contributed by atoms with van der Waals surface area (Å²) in [6.07, 6.45) is 0.0580. The monoisotopic (exact) mass is 304 g/mol. The molecule has 2 heterocycles. The first-order valence-electron chi connectivity index (χ1n) is 4.99. The van der Waals surface area contributed by atoms with Gasteiger partial charge in [0.05, 0.1) is 12.1 Å². The second-order valence-corrected chi connectivity index (χ2v) is 5.38. The number of amides is 1. The van der Waals surface area contributed by atoms with E-state index in [1.165, 1.54) is 11.3 Å². The highest BCUT2D eigenvalue weighted by Gasteiger charge is 2.29. The van der Waals surface area contributed by atoms with Gasteiger partial charge in [-0.15, -0.1) is 11.3 Å². The molecule has 0 unspecified atom stereocenters. The summed E-state index contributed by atoms with van der Waals surface area (Å²) in [7, 11) is 1.66. The van der Waals surface area contributed by atoms with Crippen molar-refractivity contribution in [2.45, 2.75) is 12.1 Å². The Hall–Kier alpha value is -0.430. The number of hydrogen-bond acceptors (Lipinski definition) is 4. The van der Waals surface area contributed by atoms with Crippen molar-refractivity contribution in [1.29, 1.82) is 0 Å². The average molecular weight is 305 g/mol. The number of methoxy groups -OCH3 is 1. The van der Waals surface area contributed by atoms with Crippen molar-refractivity contribution in [1.82, 2.24) is 10.6 Å². The lowest BCUT2D eigenvalue weighted by atomic mass is 10.2. The quantitative estimate of drug-likeness (QED) is 0.883. The third-order valence-electron chi connectivity index (χ3n) is 2.60. The lowest BCUT2D eigenvalue weighted by Crippen LogP contribution is -2.43. The number of carbonyl (C=O) groups is 1. The molecule has 1 aromatic heterocycles. The first-order chi connectivity index (χ1) is 7.72. The van der Waals surface area contributed by atoms with Gasteiger partial charge in [-0.1, -0.05) is 0 Å². The van der Waals surface area contributed by atoms with Crippen molar-refractivity contribution in [3.05, 3.63) is 20.8 Å². The second kappa shape index (κ2) is 5.27. The molecule has 0 bridgehead atoms. The van der Waals surface area contributed by atoms with E-state index in [4.69, 9.17) is 4.74 Å². The summed E-state index contributed by atoms with van der Waals surface area (Å²) in [5.74, 6) is -0.0439. The second-order valence-electron chi connectivity index (χ2n) is 3.61. The van der Waals surface area contributed by atoms with E-state index < -0.39 is 0 Å². The van der Waals surface area contributed by atoms with E-state index in [2.05, 4.69) is 26.6 Å². The molecule has 1 fully saturated rings. The molecule has 0 radical (unpaired) electrons. The van der Waals surface area contributed by atoms with Gasteiger partial charge in [-0.2, -0.15) is 0 Å². The Morgan fingerprint density at radius 2 is 2.50 bits per heavy atom. The molecule has 2 N–H and O–H groups in total. The number of ether oxygens (including phenoxy) is 1. The Morgan fingerprint density at radius 1 is 1.69 bits per heavy atom. The van der Waals surface area contributed by atoms with Crippen molar-refractivity contribution >= 4 is 33.2 Å². The lowest BCUT2D eigenvalue weighted by Gasteiger charge is -2.18. The Kier molecular flexibility index (Phi) is 3.96. The van der Waals surface area contributed by atoms with Gasteiger partial charge < -0.3 is 15.4 Å². The molecule has 0 saturated carbocycles. The molecule has 0 aliphatic carbocycles. The molecule has 1 aromatic rings. The Morgan fingerprint density at radius 3 is 3.12 bits per heavy atom. The van der Waals surface area contributed by atoms with E-state index in [9.17, 15) is 4.79 Å². The maximum absolute atomic E-state index is 11.9. The molecule has 16 heavy (non-hydrogen) atoms. The molecular formula is C10H13BrN2O2S. The first-order valence-corrected chi connectivity index (χ1v) is 6.67. The van der Waals surface area contributed by atoms with Crippen LogP contribution in [0.2, 0.25) is 0 Å². The van der Waals surface area contributed by atoms with Gasteiger partial charge in [0.15, 0.2) is 0 Å². The SMILES string of the molecule is CO[C@H]1CNC[C@H]1NC(=O)c1sccc1Br. The number of hydrogen-bond donors (Lipinski definition) is 2. The van der Waals surface area contributed by atoms with Crippen LogP contribution in [0.25, 0.3) is 0 Å². The Balaban J connectivity index is 2.00. The van der Waals surface area contributed by atoms with Crippen LogP contribution >= 0.6 is 27.3 Å². The maximum atomic E-state index is 11.9. The van der Waals surface area contributed by atoms with Crippen LogP contribution in [0.4, 0.5) is 0 Å². The fraction of sp³-hybridized carbons (Fsp3) is 0.500. The van der Waals surface area contributed by atoms with E-state index in [1.807, 2.05) is 11.4 Å². The van der Waals surface area contributed by atoms with E-state index in [0.717, 1.165) is 17.6 Å². The highest BCUT2D eigenvalue weighted by Crippen LogP contribution is 2.22. The Bertz CT molecular complexity index is 383. The molecule has 2 atom stereocenters. The van der Waals surface area contributed by atoms with Crippen molar-refractivity contribution < 1.29 is 9.53 Å². The van der Waals surface area contributed by atoms with Gasteiger partial charge in [0, 0.05) is 24.7 Å². The molecule has 1 aliphatic rings. The van der Waals surface area contributed by atoms with Crippen molar-refractivity contribution in [2.24, 2.45) is 0 Å². The molecule has 2 rings (SSSR count). The topological polar surface area (TPSA) is 50.4 Å². The molecule has 4 nitrogen and oxygen atoms in total. The minimum atomic E-state index is -0.0439. The zero-order valence-corrected chi connectivity index (χ0v) is 11.2. The van der Waals surface area contributed by atoms with E-state index in [-0.39, 0.29) is 18.1 Å². The predicted molar refractivity (Wildman–Crippen MR) is 66.9 cm³/mol. The normalized spacial score (nSPS) is 24.6. The fourth-order valence-electron chi connectivity index (χ4n) is 1.74. The number of thiophene rings is 1. The van der Waals surface area contributed by atoms with Crippen molar-refractivity contribution in [3.63, 3.8) is 0 Å². The number of nitrogens with one attached hydrogen (secondary N) is 2. The van der Waals surface area contributed by atoms with Gasteiger partial charge in [-0.3, -0.25) is 4.79 Å². The molecular weight excluding hydrogens is 292 g/mol. The highest BCUT2D eigenvalue weighted by atomic mass is 79.9. The summed E-state index contributed by atoms with van der Waals surface area (Å²) in [5, 5.41) is 8.06. The lowest BCUT2D eigenvalue weighted by molar-refractivity contribution is 0.0782. The first kappa shape index (κ1) is 12.0. The van der Waals surface area contributed by atoms with Gasteiger partial charge in [-0.05, 0) is 27.4 Å². The average Bonchev–Trinajstić information content (AvgIpc) is 2.86. The van der Waals surface area contributed by atoms with Crippen LogP contribution in [0.5, 0.6) is 0 Å². The zero-order valence-electron chi connectivity index (χ0n) is 8.83. The van der Waals surface area contributed by atoms with Crippen LogP contribution in [0.15, 0.2) is 15.9 Å². The summed E-state index contributed by atoms with van der Waals surface area (Å²) in [6, 6.07) is 1.92. The van der Waals surface area contributed by atoms with E-state index >= 15 is 0 Å². The van der Waals surface area contributed by atoms with Gasteiger partial charge in [0.2, 0.25) is 0 Å². The zero-order chi connectivity index (χ0) is 11.5.